The van der Waals surface area contributed by atoms with Crippen molar-refractivity contribution in [3.63, 3.8) is 0 Å². The number of benzene rings is 1. The van der Waals surface area contributed by atoms with Crippen molar-refractivity contribution in [2.45, 2.75) is 6.92 Å². The van der Waals surface area contributed by atoms with Gasteiger partial charge in [0.05, 0.1) is 10.7 Å². The van der Waals surface area contributed by atoms with Crippen LogP contribution in [0.4, 0.5) is 5.69 Å². The maximum atomic E-state index is 12.0. The minimum atomic E-state index is -0.711. The highest BCUT2D eigenvalue weighted by atomic mass is 35.5. The van der Waals surface area contributed by atoms with Crippen LogP contribution in [-0.2, 0) is 16.6 Å². The van der Waals surface area contributed by atoms with E-state index in [1.165, 1.54) is 29.8 Å². The second-order valence-electron chi connectivity index (χ2n) is 5.03. The van der Waals surface area contributed by atoms with Crippen LogP contribution in [-0.4, -0.2) is 28.8 Å². The van der Waals surface area contributed by atoms with Gasteiger partial charge < -0.3 is 14.6 Å². The molecule has 1 aromatic heterocycles. The van der Waals surface area contributed by atoms with Gasteiger partial charge in [0.1, 0.15) is 5.69 Å². The highest BCUT2D eigenvalue weighted by Gasteiger charge is 2.17. The number of aromatic nitrogens is 1. The number of halogens is 2. The standard InChI is InChI=1S/C16H14Cl2N2O4/c1-9(21)10-5-14(20(2)7-10)16(23)24-8-15(22)19-13-6-11(17)3-4-12(13)18/h3-7H,8H2,1-2H3,(H,19,22). The van der Waals surface area contributed by atoms with Gasteiger partial charge in [0.2, 0.25) is 0 Å². The number of ether oxygens (including phenoxy) is 1. The van der Waals surface area contributed by atoms with E-state index in [4.69, 9.17) is 27.9 Å². The molecule has 24 heavy (non-hydrogen) atoms. The summed E-state index contributed by atoms with van der Waals surface area (Å²) in [6, 6.07) is 6.02. The Balaban J connectivity index is 1.97. The molecule has 0 atom stereocenters. The smallest absolute Gasteiger partial charge is 0.355 e. The lowest BCUT2D eigenvalue weighted by Crippen LogP contribution is -2.22. The third kappa shape index (κ3) is 4.37. The van der Waals surface area contributed by atoms with Gasteiger partial charge in [-0.3, -0.25) is 9.59 Å². The van der Waals surface area contributed by atoms with Crippen LogP contribution in [0.1, 0.15) is 27.8 Å². The quantitative estimate of drug-likeness (QED) is 0.648. The number of rotatable bonds is 5. The summed E-state index contributed by atoms with van der Waals surface area (Å²) in [6.45, 7) is 0.898. The number of carbonyl (C=O) groups excluding carboxylic acids is 3. The Kier molecular flexibility index (Phi) is 5.64. The van der Waals surface area contributed by atoms with Gasteiger partial charge >= 0.3 is 5.97 Å². The van der Waals surface area contributed by atoms with E-state index < -0.39 is 18.5 Å². The van der Waals surface area contributed by atoms with Crippen molar-refractivity contribution in [2.24, 2.45) is 7.05 Å². The Labute approximate surface area is 148 Å². The molecule has 1 N–H and O–H groups in total. The van der Waals surface area contributed by atoms with Crippen molar-refractivity contribution in [1.29, 1.82) is 0 Å². The molecule has 0 saturated carbocycles. The zero-order chi connectivity index (χ0) is 17.9. The molecule has 1 amide bonds. The number of amides is 1. The topological polar surface area (TPSA) is 77.4 Å². The van der Waals surface area contributed by atoms with E-state index in [1.54, 1.807) is 19.2 Å². The molecule has 0 radical (unpaired) electrons. The van der Waals surface area contributed by atoms with Crippen molar-refractivity contribution in [2.75, 3.05) is 11.9 Å². The molecule has 2 rings (SSSR count). The first-order valence-electron chi connectivity index (χ1n) is 6.87. The highest BCUT2D eigenvalue weighted by Crippen LogP contribution is 2.25. The monoisotopic (exact) mass is 368 g/mol. The lowest BCUT2D eigenvalue weighted by Gasteiger charge is -2.08. The van der Waals surface area contributed by atoms with E-state index in [0.717, 1.165) is 0 Å². The maximum absolute atomic E-state index is 12.0. The Morgan fingerprint density at radius 3 is 2.54 bits per heavy atom. The van der Waals surface area contributed by atoms with Gasteiger partial charge in [-0.05, 0) is 31.2 Å². The average Bonchev–Trinajstić information content (AvgIpc) is 2.91. The van der Waals surface area contributed by atoms with Crippen molar-refractivity contribution in [3.05, 3.63) is 51.8 Å². The lowest BCUT2D eigenvalue weighted by molar-refractivity contribution is -0.119. The van der Waals surface area contributed by atoms with Gasteiger partial charge in [-0.2, -0.15) is 0 Å². The Hall–Kier alpha value is -2.31. The van der Waals surface area contributed by atoms with E-state index in [9.17, 15) is 14.4 Å². The zero-order valence-corrected chi connectivity index (χ0v) is 14.4. The number of ketones is 1. The molecule has 0 aliphatic heterocycles. The van der Waals surface area contributed by atoms with Crippen LogP contribution in [0, 0.1) is 0 Å². The lowest BCUT2D eigenvalue weighted by atomic mass is 10.2. The third-order valence-corrected chi connectivity index (χ3v) is 3.72. The first-order valence-corrected chi connectivity index (χ1v) is 7.63. The van der Waals surface area contributed by atoms with E-state index >= 15 is 0 Å². The zero-order valence-electron chi connectivity index (χ0n) is 12.9. The van der Waals surface area contributed by atoms with Gasteiger partial charge in [-0.25, -0.2) is 4.79 Å². The molecule has 0 spiro atoms. The summed E-state index contributed by atoms with van der Waals surface area (Å²) in [4.78, 5) is 35.2. The molecule has 0 bridgehead atoms. The fourth-order valence-electron chi connectivity index (χ4n) is 1.94. The minimum absolute atomic E-state index is 0.169. The maximum Gasteiger partial charge on any atom is 0.355 e. The molecule has 126 valence electrons. The third-order valence-electron chi connectivity index (χ3n) is 3.16. The van der Waals surface area contributed by atoms with Gasteiger partial charge in [-0.1, -0.05) is 23.2 Å². The first kappa shape index (κ1) is 18.0. The Morgan fingerprint density at radius 1 is 1.21 bits per heavy atom. The number of nitrogens with one attached hydrogen (secondary N) is 1. The Bertz CT molecular complexity index is 814. The van der Waals surface area contributed by atoms with Crippen LogP contribution in [0.5, 0.6) is 0 Å². The molecule has 0 unspecified atom stereocenters. The fraction of sp³-hybridized carbons (Fsp3) is 0.188. The van der Waals surface area contributed by atoms with Gasteiger partial charge in [0, 0.05) is 23.8 Å². The molecule has 0 saturated heterocycles. The van der Waals surface area contributed by atoms with Crippen LogP contribution in [0.3, 0.4) is 0 Å². The second-order valence-corrected chi connectivity index (χ2v) is 5.87. The summed E-state index contributed by atoms with van der Waals surface area (Å²) in [5.74, 6) is -1.44. The van der Waals surface area contributed by atoms with Crippen LogP contribution >= 0.6 is 23.2 Å². The molecule has 1 aromatic carbocycles. The first-order chi connectivity index (χ1) is 11.3. The van der Waals surface area contributed by atoms with Crippen LogP contribution in [0.25, 0.3) is 0 Å². The molecular formula is C16H14Cl2N2O4. The Morgan fingerprint density at radius 2 is 1.92 bits per heavy atom. The van der Waals surface area contributed by atoms with Gasteiger partial charge in [0.15, 0.2) is 12.4 Å². The predicted molar refractivity (Wildman–Crippen MR) is 90.8 cm³/mol. The summed E-state index contributed by atoms with van der Waals surface area (Å²) < 4.78 is 6.41. The average molecular weight is 369 g/mol. The van der Waals surface area contributed by atoms with E-state index in [0.29, 0.717) is 21.3 Å². The number of hydrogen-bond acceptors (Lipinski definition) is 4. The van der Waals surface area contributed by atoms with E-state index in [1.807, 2.05) is 0 Å². The molecule has 0 aliphatic rings. The highest BCUT2D eigenvalue weighted by molar-refractivity contribution is 6.35. The SMILES string of the molecule is CC(=O)c1cc(C(=O)OCC(=O)Nc2cc(Cl)ccc2Cl)n(C)c1. The molecule has 0 fully saturated rings. The van der Waals surface area contributed by atoms with Crippen LogP contribution in [0.2, 0.25) is 10.0 Å². The normalized spacial score (nSPS) is 10.3. The number of aryl methyl sites for hydroxylation is 1. The summed E-state index contributed by atoms with van der Waals surface area (Å²) in [5.41, 5.74) is 0.886. The second kappa shape index (κ2) is 7.51. The number of esters is 1. The number of hydrogen-bond donors (Lipinski definition) is 1. The summed E-state index contributed by atoms with van der Waals surface area (Å²) in [7, 11) is 1.61. The van der Waals surface area contributed by atoms with Crippen LogP contribution < -0.4 is 5.32 Å². The summed E-state index contributed by atoms with van der Waals surface area (Å²) in [5, 5.41) is 3.22. The molecule has 2 aromatic rings. The number of Topliss-reactive ketones (excluding diaryl/α,β-unsaturated/α-hetero) is 1. The number of anilines is 1. The van der Waals surface area contributed by atoms with E-state index in [2.05, 4.69) is 5.32 Å². The van der Waals surface area contributed by atoms with E-state index in [-0.39, 0.29) is 11.5 Å². The summed E-state index contributed by atoms with van der Waals surface area (Å²) in [6.07, 6.45) is 1.52. The predicted octanol–water partition coefficient (Wildman–Crippen LogP) is 3.33. The number of carbonyl (C=O) groups is 3. The fourth-order valence-corrected chi connectivity index (χ4v) is 2.28. The molecule has 0 aliphatic carbocycles. The molecular weight excluding hydrogens is 355 g/mol. The van der Waals surface area contributed by atoms with Crippen LogP contribution in [0.15, 0.2) is 30.5 Å². The molecule has 6 nitrogen and oxygen atoms in total. The molecule has 8 heteroatoms. The summed E-state index contributed by atoms with van der Waals surface area (Å²) >= 11 is 11.8. The largest absolute Gasteiger partial charge is 0.451 e. The van der Waals surface area contributed by atoms with Crippen molar-refractivity contribution in [1.82, 2.24) is 4.57 Å². The molecule has 1 heterocycles. The van der Waals surface area contributed by atoms with Crippen molar-refractivity contribution in [3.8, 4) is 0 Å². The van der Waals surface area contributed by atoms with Crippen molar-refractivity contribution < 1.29 is 19.1 Å². The van der Waals surface area contributed by atoms with Gasteiger partial charge in [-0.15, -0.1) is 0 Å². The minimum Gasteiger partial charge on any atom is -0.451 e. The van der Waals surface area contributed by atoms with Crippen molar-refractivity contribution >= 4 is 46.5 Å². The van der Waals surface area contributed by atoms with Gasteiger partial charge in [0.25, 0.3) is 5.91 Å². The number of nitrogens with zero attached hydrogens (tertiary/aromatic N) is 1.